The molecule has 0 bridgehead atoms. The molecule has 22 heavy (non-hydrogen) atoms. The van der Waals surface area contributed by atoms with E-state index in [1.807, 2.05) is 11.0 Å². The minimum Gasteiger partial charge on any atom is -0.351 e. The summed E-state index contributed by atoms with van der Waals surface area (Å²) in [6.07, 6.45) is 4.79. The van der Waals surface area contributed by atoms with Crippen LogP contribution in [0.2, 0.25) is 0 Å². The van der Waals surface area contributed by atoms with Gasteiger partial charge in [-0.25, -0.2) is 0 Å². The van der Waals surface area contributed by atoms with Crippen molar-refractivity contribution in [2.45, 2.75) is 44.9 Å². The molecule has 6 heteroatoms. The van der Waals surface area contributed by atoms with E-state index in [9.17, 15) is 4.79 Å². The van der Waals surface area contributed by atoms with E-state index in [1.165, 1.54) is 0 Å². The van der Waals surface area contributed by atoms with Gasteiger partial charge in [0, 0.05) is 42.9 Å². The lowest BCUT2D eigenvalue weighted by Gasteiger charge is -2.31. The number of hydrogen-bond acceptors (Lipinski definition) is 4. The number of aromatic amines is 1. The zero-order valence-corrected chi connectivity index (χ0v) is 13.1. The van der Waals surface area contributed by atoms with Crippen LogP contribution >= 0.6 is 0 Å². The average Bonchev–Trinajstić information content (AvgIpc) is 3.25. The van der Waals surface area contributed by atoms with Crippen molar-refractivity contribution in [2.75, 3.05) is 13.1 Å². The number of H-pyrrole nitrogens is 1. The highest BCUT2D eigenvalue weighted by Gasteiger charge is 2.28. The van der Waals surface area contributed by atoms with E-state index < -0.39 is 0 Å². The fraction of sp³-hybridized carbons (Fsp3) is 0.562. The summed E-state index contributed by atoms with van der Waals surface area (Å²) < 4.78 is 5.27. The summed E-state index contributed by atoms with van der Waals surface area (Å²) in [7, 11) is 0. The van der Waals surface area contributed by atoms with Crippen molar-refractivity contribution in [3.63, 3.8) is 0 Å². The molecule has 2 aromatic rings. The lowest BCUT2D eigenvalue weighted by atomic mass is 9.95. The van der Waals surface area contributed by atoms with Crippen molar-refractivity contribution in [3.8, 4) is 0 Å². The molecule has 1 aliphatic rings. The van der Waals surface area contributed by atoms with E-state index in [0.717, 1.165) is 37.2 Å². The number of rotatable bonds is 4. The summed E-state index contributed by atoms with van der Waals surface area (Å²) in [4.78, 5) is 14.5. The molecule has 0 unspecified atom stereocenters. The number of piperidine rings is 1. The molecule has 0 aliphatic carbocycles. The molecule has 1 aliphatic heterocycles. The van der Waals surface area contributed by atoms with Gasteiger partial charge < -0.3 is 9.42 Å². The Morgan fingerprint density at radius 2 is 2.45 bits per heavy atom. The largest absolute Gasteiger partial charge is 0.351 e. The van der Waals surface area contributed by atoms with Crippen molar-refractivity contribution in [1.82, 2.24) is 20.3 Å². The van der Waals surface area contributed by atoms with Gasteiger partial charge in [0.1, 0.15) is 0 Å². The second kappa shape index (κ2) is 6.34. The van der Waals surface area contributed by atoms with E-state index in [4.69, 9.17) is 4.52 Å². The van der Waals surface area contributed by atoms with Crippen LogP contribution in [-0.4, -0.2) is 39.3 Å². The minimum absolute atomic E-state index is 0.0636. The smallest absolute Gasteiger partial charge is 0.292 e. The maximum absolute atomic E-state index is 12.6. The van der Waals surface area contributed by atoms with Crippen LogP contribution in [0.4, 0.5) is 0 Å². The van der Waals surface area contributed by atoms with E-state index >= 15 is 0 Å². The maximum atomic E-state index is 12.6. The van der Waals surface area contributed by atoms with E-state index in [-0.39, 0.29) is 5.91 Å². The summed E-state index contributed by atoms with van der Waals surface area (Å²) in [6.45, 7) is 5.64. The van der Waals surface area contributed by atoms with Crippen molar-refractivity contribution in [2.24, 2.45) is 0 Å². The van der Waals surface area contributed by atoms with Crippen LogP contribution in [0, 0.1) is 0 Å². The Morgan fingerprint density at radius 3 is 3.18 bits per heavy atom. The van der Waals surface area contributed by atoms with Gasteiger partial charge in [-0.15, -0.1) is 0 Å². The van der Waals surface area contributed by atoms with Gasteiger partial charge in [-0.3, -0.25) is 9.89 Å². The van der Waals surface area contributed by atoms with Crippen LogP contribution in [0.3, 0.4) is 0 Å². The molecule has 1 saturated heterocycles. The highest BCUT2D eigenvalue weighted by molar-refractivity contribution is 5.91. The van der Waals surface area contributed by atoms with Gasteiger partial charge in [-0.05, 0) is 25.3 Å². The van der Waals surface area contributed by atoms with Crippen molar-refractivity contribution in [3.05, 3.63) is 35.5 Å². The molecule has 6 nitrogen and oxygen atoms in total. The first-order valence-corrected chi connectivity index (χ1v) is 7.94. The molecule has 0 radical (unpaired) electrons. The normalized spacial score (nSPS) is 20.1. The summed E-state index contributed by atoms with van der Waals surface area (Å²) in [5.41, 5.74) is 1.95. The van der Waals surface area contributed by atoms with Crippen molar-refractivity contribution < 1.29 is 9.32 Å². The molecule has 0 aromatic carbocycles. The third-order valence-electron chi connectivity index (χ3n) is 4.53. The molecule has 3 heterocycles. The number of nitrogens with one attached hydrogen (secondary N) is 1. The highest BCUT2D eigenvalue weighted by Crippen LogP contribution is 2.27. The Bertz CT molecular complexity index is 620. The van der Waals surface area contributed by atoms with Crippen LogP contribution in [0.25, 0.3) is 0 Å². The predicted molar refractivity (Wildman–Crippen MR) is 81.7 cm³/mol. The van der Waals surface area contributed by atoms with E-state index in [0.29, 0.717) is 24.1 Å². The zero-order chi connectivity index (χ0) is 15.5. The molecule has 3 rings (SSSR count). The molecule has 118 valence electrons. The summed E-state index contributed by atoms with van der Waals surface area (Å²) >= 11 is 0. The first-order valence-electron chi connectivity index (χ1n) is 7.94. The number of hydrogen-bond donors (Lipinski definition) is 1. The van der Waals surface area contributed by atoms with Gasteiger partial charge in [-0.2, -0.15) is 5.10 Å². The third kappa shape index (κ3) is 2.91. The fourth-order valence-electron chi connectivity index (χ4n) is 2.90. The number of aromatic nitrogens is 3. The van der Waals surface area contributed by atoms with Gasteiger partial charge >= 0.3 is 0 Å². The molecule has 1 amide bonds. The zero-order valence-electron chi connectivity index (χ0n) is 13.1. The quantitative estimate of drug-likeness (QED) is 0.942. The molecule has 0 saturated carbocycles. The molecular formula is C16H22N4O2. The molecule has 2 atom stereocenters. The third-order valence-corrected chi connectivity index (χ3v) is 4.53. The Hall–Kier alpha value is -2.11. The van der Waals surface area contributed by atoms with Gasteiger partial charge in [0.2, 0.25) is 5.76 Å². The molecule has 1 fully saturated rings. The van der Waals surface area contributed by atoms with Crippen LogP contribution in [0.1, 0.15) is 66.9 Å². The topological polar surface area (TPSA) is 75.0 Å². The Labute approximate surface area is 129 Å². The second-order valence-electron chi connectivity index (χ2n) is 6.03. The number of carbonyl (C=O) groups excluding carboxylic acids is 1. The first kappa shape index (κ1) is 14.8. The molecule has 0 spiro atoms. The van der Waals surface area contributed by atoms with Crippen molar-refractivity contribution >= 4 is 5.91 Å². The maximum Gasteiger partial charge on any atom is 0.292 e. The molecular weight excluding hydrogens is 280 g/mol. The number of nitrogens with zero attached hydrogens (tertiary/aromatic N) is 3. The Kier molecular flexibility index (Phi) is 4.27. The number of likely N-dealkylation sites (tertiary alicyclic amines) is 1. The van der Waals surface area contributed by atoms with Gasteiger partial charge in [-0.1, -0.05) is 19.0 Å². The highest BCUT2D eigenvalue weighted by atomic mass is 16.5. The second-order valence-corrected chi connectivity index (χ2v) is 6.03. The Morgan fingerprint density at radius 1 is 1.59 bits per heavy atom. The Balaban J connectivity index is 1.70. The van der Waals surface area contributed by atoms with Crippen LogP contribution in [-0.2, 0) is 0 Å². The fourth-order valence-corrected chi connectivity index (χ4v) is 2.90. The predicted octanol–water partition coefficient (Wildman–Crippen LogP) is 2.93. The van der Waals surface area contributed by atoms with E-state index in [2.05, 4.69) is 29.2 Å². The van der Waals surface area contributed by atoms with Crippen LogP contribution in [0.15, 0.2) is 22.9 Å². The summed E-state index contributed by atoms with van der Waals surface area (Å²) in [6, 6.07) is 3.77. The van der Waals surface area contributed by atoms with E-state index in [1.54, 1.807) is 12.3 Å². The first-order chi connectivity index (χ1) is 10.7. The monoisotopic (exact) mass is 302 g/mol. The van der Waals surface area contributed by atoms with Gasteiger partial charge in [0.05, 0.1) is 5.69 Å². The summed E-state index contributed by atoms with van der Waals surface area (Å²) in [5, 5.41) is 11.0. The van der Waals surface area contributed by atoms with Crippen molar-refractivity contribution in [1.29, 1.82) is 0 Å². The summed E-state index contributed by atoms with van der Waals surface area (Å²) in [5.74, 6) is 0.911. The van der Waals surface area contributed by atoms with Gasteiger partial charge in [0.25, 0.3) is 5.91 Å². The number of carbonyl (C=O) groups is 1. The standard InChI is InChI=1S/C16H22N4O2/c1-3-11(2)14-9-15(22-19-14)16(21)20-8-4-5-12(10-20)13-6-7-17-18-13/h6-7,9,11-12H,3-5,8,10H2,1-2H3,(H,17,18)/t11-,12-/m0/s1. The molecule has 1 N–H and O–H groups in total. The molecule has 2 aromatic heterocycles. The van der Waals surface area contributed by atoms with Gasteiger partial charge in [0.15, 0.2) is 0 Å². The SMILES string of the molecule is CC[C@H](C)c1cc(C(=O)N2CCC[C@H](c3ccn[nH]3)C2)on1. The number of amides is 1. The lowest BCUT2D eigenvalue weighted by Crippen LogP contribution is -2.39. The average molecular weight is 302 g/mol. The van der Waals surface area contributed by atoms with Crippen LogP contribution in [0.5, 0.6) is 0 Å². The minimum atomic E-state index is -0.0636. The van der Waals surface area contributed by atoms with Crippen LogP contribution < -0.4 is 0 Å². The lowest BCUT2D eigenvalue weighted by molar-refractivity contribution is 0.0663.